The van der Waals surface area contributed by atoms with Gasteiger partial charge >= 0.3 is 5.97 Å². The Kier molecular flexibility index (Phi) is 6.68. The first kappa shape index (κ1) is 23.7. The van der Waals surface area contributed by atoms with Crippen LogP contribution in [0.15, 0.2) is 72.8 Å². The topological polar surface area (TPSA) is 84.0 Å². The zero-order valence-corrected chi connectivity index (χ0v) is 18.6. The number of nitrogens with zero attached hydrogens (tertiary/aromatic N) is 2. The third-order valence-electron chi connectivity index (χ3n) is 5.68. The molecule has 1 aliphatic rings. The molecule has 0 aromatic heterocycles. The summed E-state index contributed by atoms with van der Waals surface area (Å²) in [7, 11) is 1.23. The largest absolute Gasteiger partial charge is 0.465 e. The molecule has 35 heavy (non-hydrogen) atoms. The summed E-state index contributed by atoms with van der Waals surface area (Å²) in [5.41, 5.74) is 0.697. The second-order valence-corrected chi connectivity index (χ2v) is 7.87. The van der Waals surface area contributed by atoms with Crippen LogP contribution in [0, 0.1) is 11.6 Å². The number of anilines is 1. The zero-order chi connectivity index (χ0) is 25.1. The molecule has 0 radical (unpaired) electrons. The van der Waals surface area contributed by atoms with Crippen LogP contribution in [-0.4, -0.2) is 41.7 Å². The first-order chi connectivity index (χ1) is 16.8. The number of rotatable bonds is 6. The summed E-state index contributed by atoms with van der Waals surface area (Å²) in [5.74, 6) is -3.83. The summed E-state index contributed by atoms with van der Waals surface area (Å²) in [6.45, 7) is -0.147. The fraction of sp³-hybridized carbons (Fsp3) is 0.154. The minimum Gasteiger partial charge on any atom is -0.465 e. The molecule has 0 bridgehead atoms. The maximum absolute atomic E-state index is 14.4. The molecule has 0 N–H and O–H groups in total. The molecule has 0 saturated carbocycles. The van der Waals surface area contributed by atoms with Gasteiger partial charge in [-0.25, -0.2) is 18.5 Å². The van der Waals surface area contributed by atoms with Crippen molar-refractivity contribution in [1.82, 2.24) is 4.90 Å². The predicted molar refractivity (Wildman–Crippen MR) is 121 cm³/mol. The number of carbonyl (C=O) groups is 4. The SMILES string of the molecule is COC(=O)c1ccc(N2C(=O)CC(N(Cc3ccc(F)cc3)C(=O)c3ccccc3F)C2=O)cc1. The quantitative estimate of drug-likeness (QED) is 0.398. The van der Waals surface area contributed by atoms with E-state index < -0.39 is 41.4 Å². The highest BCUT2D eigenvalue weighted by atomic mass is 19.1. The van der Waals surface area contributed by atoms with Gasteiger partial charge in [0, 0.05) is 6.54 Å². The maximum atomic E-state index is 14.4. The molecular weight excluding hydrogens is 458 g/mol. The average molecular weight is 478 g/mol. The molecule has 1 saturated heterocycles. The molecule has 0 aliphatic carbocycles. The molecule has 3 aromatic rings. The van der Waals surface area contributed by atoms with Gasteiger partial charge in [0.05, 0.1) is 30.3 Å². The Bertz CT molecular complexity index is 1290. The Labute approximate surface area is 199 Å². The van der Waals surface area contributed by atoms with Gasteiger partial charge in [0.2, 0.25) is 5.91 Å². The van der Waals surface area contributed by atoms with Crippen LogP contribution in [0.3, 0.4) is 0 Å². The van der Waals surface area contributed by atoms with E-state index in [-0.39, 0.29) is 29.8 Å². The molecule has 0 spiro atoms. The van der Waals surface area contributed by atoms with E-state index in [1.807, 2.05) is 0 Å². The van der Waals surface area contributed by atoms with E-state index in [2.05, 4.69) is 4.74 Å². The van der Waals surface area contributed by atoms with Crippen molar-refractivity contribution >= 4 is 29.4 Å². The van der Waals surface area contributed by atoms with Crippen molar-refractivity contribution in [2.24, 2.45) is 0 Å². The van der Waals surface area contributed by atoms with E-state index in [0.29, 0.717) is 5.56 Å². The van der Waals surface area contributed by atoms with Crippen molar-refractivity contribution in [2.75, 3.05) is 12.0 Å². The third-order valence-corrected chi connectivity index (χ3v) is 5.68. The first-order valence-electron chi connectivity index (χ1n) is 10.6. The van der Waals surface area contributed by atoms with E-state index in [9.17, 15) is 28.0 Å². The molecular formula is C26H20F2N2O5. The highest BCUT2D eigenvalue weighted by Crippen LogP contribution is 2.28. The van der Waals surface area contributed by atoms with Gasteiger partial charge in [-0.3, -0.25) is 14.4 Å². The number of imide groups is 1. The minimum atomic E-state index is -1.21. The van der Waals surface area contributed by atoms with Crippen LogP contribution >= 0.6 is 0 Å². The second-order valence-electron chi connectivity index (χ2n) is 7.87. The molecule has 1 atom stereocenters. The van der Waals surface area contributed by atoms with Crippen LogP contribution in [-0.2, 0) is 20.9 Å². The maximum Gasteiger partial charge on any atom is 0.337 e. The molecule has 3 aromatic carbocycles. The molecule has 1 heterocycles. The molecule has 178 valence electrons. The Hall–Kier alpha value is -4.40. The molecule has 1 fully saturated rings. The minimum absolute atomic E-state index is 0.147. The van der Waals surface area contributed by atoms with Gasteiger partial charge in [-0.15, -0.1) is 0 Å². The fourth-order valence-electron chi connectivity index (χ4n) is 3.89. The average Bonchev–Trinajstić information content (AvgIpc) is 3.16. The van der Waals surface area contributed by atoms with E-state index in [1.165, 1.54) is 73.8 Å². The summed E-state index contributed by atoms with van der Waals surface area (Å²) in [5, 5.41) is 0. The number of esters is 1. The van der Waals surface area contributed by atoms with Crippen molar-refractivity contribution in [3.05, 3.63) is 101 Å². The summed E-state index contributed by atoms with van der Waals surface area (Å²) < 4.78 is 32.5. The number of benzene rings is 3. The molecule has 3 amide bonds. The highest BCUT2D eigenvalue weighted by Gasteiger charge is 2.44. The van der Waals surface area contributed by atoms with Gasteiger partial charge in [0.1, 0.15) is 17.7 Å². The number of carbonyl (C=O) groups excluding carboxylic acids is 4. The lowest BCUT2D eigenvalue weighted by molar-refractivity contribution is -0.122. The Balaban J connectivity index is 1.67. The van der Waals surface area contributed by atoms with E-state index >= 15 is 0 Å². The second kappa shape index (κ2) is 9.84. The normalized spacial score (nSPS) is 15.3. The van der Waals surface area contributed by atoms with E-state index in [1.54, 1.807) is 0 Å². The number of methoxy groups -OCH3 is 1. The molecule has 1 aliphatic heterocycles. The standard InChI is InChI=1S/C26H20F2N2O5/c1-35-26(34)17-8-12-19(13-9-17)30-23(31)14-22(25(30)33)29(15-16-6-10-18(27)11-7-16)24(32)20-4-2-3-5-21(20)28/h2-13,22H,14-15H2,1H3. The summed E-state index contributed by atoms with van der Waals surface area (Å²) in [6.07, 6.45) is -0.320. The van der Waals surface area contributed by atoms with Crippen molar-refractivity contribution < 1.29 is 32.7 Å². The van der Waals surface area contributed by atoms with Gasteiger partial charge < -0.3 is 9.64 Å². The van der Waals surface area contributed by atoms with Crippen LogP contribution in [0.1, 0.15) is 32.7 Å². The van der Waals surface area contributed by atoms with Gasteiger partial charge in [0.15, 0.2) is 0 Å². The van der Waals surface area contributed by atoms with Crippen molar-refractivity contribution in [1.29, 1.82) is 0 Å². The van der Waals surface area contributed by atoms with Crippen LogP contribution in [0.25, 0.3) is 0 Å². The Morgan fingerprint density at radius 2 is 1.63 bits per heavy atom. The molecule has 9 heteroatoms. The highest BCUT2D eigenvalue weighted by molar-refractivity contribution is 6.23. The van der Waals surface area contributed by atoms with Crippen LogP contribution in [0.4, 0.5) is 14.5 Å². The van der Waals surface area contributed by atoms with Gasteiger partial charge in [-0.05, 0) is 54.1 Å². The number of hydrogen-bond acceptors (Lipinski definition) is 5. The van der Waals surface area contributed by atoms with Crippen molar-refractivity contribution in [3.8, 4) is 0 Å². The molecule has 7 nitrogen and oxygen atoms in total. The number of halogens is 2. The smallest absolute Gasteiger partial charge is 0.337 e. The molecule has 1 unspecified atom stereocenters. The number of hydrogen-bond donors (Lipinski definition) is 0. The van der Waals surface area contributed by atoms with Crippen LogP contribution in [0.2, 0.25) is 0 Å². The Morgan fingerprint density at radius 3 is 2.26 bits per heavy atom. The Morgan fingerprint density at radius 1 is 0.971 bits per heavy atom. The number of amides is 3. The van der Waals surface area contributed by atoms with Gasteiger partial charge in [-0.2, -0.15) is 0 Å². The molecule has 4 rings (SSSR count). The van der Waals surface area contributed by atoms with Crippen molar-refractivity contribution in [2.45, 2.75) is 19.0 Å². The lowest BCUT2D eigenvalue weighted by Crippen LogP contribution is -2.45. The number of ether oxygens (including phenoxy) is 1. The predicted octanol–water partition coefficient (Wildman–Crippen LogP) is 3.73. The summed E-state index contributed by atoms with van der Waals surface area (Å²) >= 11 is 0. The monoisotopic (exact) mass is 478 g/mol. The fourth-order valence-corrected chi connectivity index (χ4v) is 3.89. The van der Waals surface area contributed by atoms with E-state index in [4.69, 9.17) is 0 Å². The zero-order valence-electron chi connectivity index (χ0n) is 18.6. The van der Waals surface area contributed by atoms with Gasteiger partial charge in [0.25, 0.3) is 11.8 Å². The summed E-state index contributed by atoms with van der Waals surface area (Å²) in [6, 6.07) is 15.1. The lowest BCUT2D eigenvalue weighted by Gasteiger charge is -2.28. The van der Waals surface area contributed by atoms with Crippen LogP contribution < -0.4 is 4.90 Å². The van der Waals surface area contributed by atoms with Gasteiger partial charge in [-0.1, -0.05) is 24.3 Å². The van der Waals surface area contributed by atoms with Crippen LogP contribution in [0.5, 0.6) is 0 Å². The van der Waals surface area contributed by atoms with Crippen molar-refractivity contribution in [3.63, 3.8) is 0 Å². The first-order valence-corrected chi connectivity index (χ1v) is 10.6. The third kappa shape index (κ3) is 4.79. The van der Waals surface area contributed by atoms with E-state index in [0.717, 1.165) is 15.9 Å². The summed E-state index contributed by atoms with van der Waals surface area (Å²) in [4.78, 5) is 53.3. The lowest BCUT2D eigenvalue weighted by atomic mass is 10.1.